The third-order valence-corrected chi connectivity index (χ3v) is 5.27. The van der Waals surface area contributed by atoms with Gasteiger partial charge in [-0.1, -0.05) is 29.8 Å². The van der Waals surface area contributed by atoms with Gasteiger partial charge in [0.2, 0.25) is 0 Å². The van der Waals surface area contributed by atoms with Crippen molar-refractivity contribution in [2.75, 3.05) is 6.61 Å². The summed E-state index contributed by atoms with van der Waals surface area (Å²) in [6.07, 6.45) is 4.06. The van der Waals surface area contributed by atoms with Crippen LogP contribution in [0.25, 0.3) is 10.9 Å². The Kier molecular flexibility index (Phi) is 5.63. The highest BCUT2D eigenvalue weighted by Crippen LogP contribution is 2.40. The first kappa shape index (κ1) is 19.2. The number of hydrogen-bond donors (Lipinski definition) is 1. The van der Waals surface area contributed by atoms with E-state index in [0.29, 0.717) is 23.6 Å². The molecule has 0 amide bonds. The van der Waals surface area contributed by atoms with Gasteiger partial charge in [0.1, 0.15) is 17.0 Å². The van der Waals surface area contributed by atoms with Crippen LogP contribution in [0.15, 0.2) is 73.1 Å². The van der Waals surface area contributed by atoms with Gasteiger partial charge in [-0.15, -0.1) is 0 Å². The van der Waals surface area contributed by atoms with Crippen molar-refractivity contribution in [3.05, 3.63) is 94.9 Å². The molecular weight excluding hydrogens is 384 g/mol. The molecule has 1 atom stereocenters. The lowest BCUT2D eigenvalue weighted by molar-refractivity contribution is 0.340. The van der Waals surface area contributed by atoms with Crippen molar-refractivity contribution >= 4 is 22.5 Å². The van der Waals surface area contributed by atoms with Crippen molar-refractivity contribution in [3.63, 3.8) is 0 Å². The molecule has 0 saturated carbocycles. The van der Waals surface area contributed by atoms with Crippen LogP contribution in [0.4, 0.5) is 0 Å². The number of aromatic nitrogens is 2. The van der Waals surface area contributed by atoms with Gasteiger partial charge in [-0.25, -0.2) is 0 Å². The Morgan fingerprint density at radius 3 is 2.52 bits per heavy atom. The SMILES string of the molecule is CCOc1ccc(C(Cc2ccccn2)c2cc(Cl)c3cccnc3c2O)cc1. The van der Waals surface area contributed by atoms with E-state index in [1.807, 2.05) is 67.6 Å². The molecule has 0 aliphatic carbocycles. The van der Waals surface area contributed by atoms with Crippen LogP contribution in [0.1, 0.15) is 29.7 Å². The Labute approximate surface area is 174 Å². The molecule has 146 valence electrons. The zero-order chi connectivity index (χ0) is 20.2. The summed E-state index contributed by atoms with van der Waals surface area (Å²) in [5.41, 5.74) is 3.21. The van der Waals surface area contributed by atoms with Crippen molar-refractivity contribution in [3.8, 4) is 11.5 Å². The number of aromatic hydroxyl groups is 1. The monoisotopic (exact) mass is 404 g/mol. The molecule has 1 unspecified atom stereocenters. The maximum atomic E-state index is 11.1. The molecule has 0 aliphatic heterocycles. The molecule has 0 spiro atoms. The highest BCUT2D eigenvalue weighted by molar-refractivity contribution is 6.35. The minimum absolute atomic E-state index is 0.135. The summed E-state index contributed by atoms with van der Waals surface area (Å²) in [5, 5.41) is 12.4. The normalized spacial score (nSPS) is 12.1. The standard InChI is InChI=1S/C24H21ClN2O2/c1-2-29-18-10-8-16(9-11-18)20(14-17-6-3-4-12-26-17)21-15-22(25)19-7-5-13-27-23(19)24(21)28/h3-13,15,20,28H,2,14H2,1H3. The molecule has 0 radical (unpaired) electrons. The molecule has 2 aromatic heterocycles. The maximum absolute atomic E-state index is 11.1. The Morgan fingerprint density at radius 2 is 1.79 bits per heavy atom. The van der Waals surface area contributed by atoms with E-state index in [2.05, 4.69) is 9.97 Å². The van der Waals surface area contributed by atoms with Crippen molar-refractivity contribution in [2.45, 2.75) is 19.3 Å². The zero-order valence-electron chi connectivity index (χ0n) is 16.0. The molecule has 5 heteroatoms. The van der Waals surface area contributed by atoms with Crippen molar-refractivity contribution < 1.29 is 9.84 Å². The highest BCUT2D eigenvalue weighted by Gasteiger charge is 2.22. The molecule has 0 aliphatic rings. The van der Waals surface area contributed by atoms with E-state index in [4.69, 9.17) is 16.3 Å². The number of benzene rings is 2. The highest BCUT2D eigenvalue weighted by atomic mass is 35.5. The van der Waals surface area contributed by atoms with E-state index in [1.165, 1.54) is 0 Å². The first-order chi connectivity index (χ1) is 14.2. The third-order valence-electron chi connectivity index (χ3n) is 4.95. The number of halogens is 1. The lowest BCUT2D eigenvalue weighted by Gasteiger charge is -2.21. The lowest BCUT2D eigenvalue weighted by Crippen LogP contribution is -2.07. The quantitative estimate of drug-likeness (QED) is 0.443. The van der Waals surface area contributed by atoms with Crippen LogP contribution in [0.5, 0.6) is 11.5 Å². The number of nitrogens with zero attached hydrogens (tertiary/aromatic N) is 2. The van der Waals surface area contributed by atoms with Gasteiger partial charge in [-0.2, -0.15) is 0 Å². The number of pyridine rings is 2. The molecule has 0 bridgehead atoms. The van der Waals surface area contributed by atoms with E-state index >= 15 is 0 Å². The summed E-state index contributed by atoms with van der Waals surface area (Å²) in [7, 11) is 0. The molecule has 4 aromatic rings. The number of phenols is 1. The fourth-order valence-corrected chi connectivity index (χ4v) is 3.84. The van der Waals surface area contributed by atoms with Gasteiger partial charge in [0.15, 0.2) is 0 Å². The Bertz CT molecular complexity index is 1110. The van der Waals surface area contributed by atoms with Gasteiger partial charge in [0.05, 0.1) is 11.6 Å². The van der Waals surface area contributed by atoms with Crippen LogP contribution in [0.3, 0.4) is 0 Å². The number of hydrogen-bond acceptors (Lipinski definition) is 4. The summed E-state index contributed by atoms with van der Waals surface area (Å²) in [5.74, 6) is 0.833. The van der Waals surface area contributed by atoms with Crippen molar-refractivity contribution in [2.24, 2.45) is 0 Å². The zero-order valence-corrected chi connectivity index (χ0v) is 16.8. The Morgan fingerprint density at radius 1 is 1.00 bits per heavy atom. The topological polar surface area (TPSA) is 55.2 Å². The van der Waals surface area contributed by atoms with Gasteiger partial charge in [0.25, 0.3) is 0 Å². The van der Waals surface area contributed by atoms with E-state index in [1.54, 1.807) is 12.4 Å². The fraction of sp³-hybridized carbons (Fsp3) is 0.167. The van der Waals surface area contributed by atoms with Gasteiger partial charge in [-0.3, -0.25) is 9.97 Å². The summed E-state index contributed by atoms with van der Waals surface area (Å²) in [6, 6.07) is 19.3. The lowest BCUT2D eigenvalue weighted by atomic mass is 9.86. The average Bonchev–Trinajstić information content (AvgIpc) is 2.76. The largest absolute Gasteiger partial charge is 0.505 e. The predicted octanol–water partition coefficient (Wildman–Crippen LogP) is 5.76. The second-order valence-electron chi connectivity index (χ2n) is 6.78. The van der Waals surface area contributed by atoms with Crippen LogP contribution in [-0.4, -0.2) is 21.7 Å². The molecule has 4 nitrogen and oxygen atoms in total. The molecule has 0 saturated heterocycles. The first-order valence-corrected chi connectivity index (χ1v) is 9.94. The molecular formula is C24H21ClN2O2. The van der Waals surface area contributed by atoms with Crippen molar-refractivity contribution in [1.82, 2.24) is 9.97 Å². The average molecular weight is 405 g/mol. The molecule has 4 rings (SSSR count). The van der Waals surface area contributed by atoms with E-state index in [9.17, 15) is 5.11 Å². The first-order valence-electron chi connectivity index (χ1n) is 9.56. The summed E-state index contributed by atoms with van der Waals surface area (Å²) in [6.45, 7) is 2.57. The minimum Gasteiger partial charge on any atom is -0.505 e. The third kappa shape index (κ3) is 4.03. The summed E-state index contributed by atoms with van der Waals surface area (Å²) >= 11 is 6.55. The summed E-state index contributed by atoms with van der Waals surface area (Å²) < 4.78 is 5.57. The van der Waals surface area contributed by atoms with E-state index in [-0.39, 0.29) is 11.7 Å². The summed E-state index contributed by atoms with van der Waals surface area (Å²) in [4.78, 5) is 8.83. The van der Waals surface area contributed by atoms with Crippen LogP contribution < -0.4 is 4.74 Å². The van der Waals surface area contributed by atoms with Gasteiger partial charge in [0, 0.05) is 41.4 Å². The van der Waals surface area contributed by atoms with Crippen molar-refractivity contribution in [1.29, 1.82) is 0 Å². The maximum Gasteiger partial charge on any atom is 0.145 e. The number of phenolic OH excluding ortho intramolecular Hbond substituents is 1. The fourth-order valence-electron chi connectivity index (χ4n) is 3.57. The van der Waals surface area contributed by atoms with Crippen LogP contribution in [0.2, 0.25) is 5.02 Å². The molecule has 2 aromatic carbocycles. The van der Waals surface area contributed by atoms with E-state index < -0.39 is 0 Å². The minimum atomic E-state index is -0.135. The van der Waals surface area contributed by atoms with Gasteiger partial charge < -0.3 is 9.84 Å². The second-order valence-corrected chi connectivity index (χ2v) is 7.18. The van der Waals surface area contributed by atoms with Crippen LogP contribution >= 0.6 is 11.6 Å². The molecule has 29 heavy (non-hydrogen) atoms. The van der Waals surface area contributed by atoms with Crippen LogP contribution in [0, 0.1) is 0 Å². The van der Waals surface area contributed by atoms with Gasteiger partial charge >= 0.3 is 0 Å². The Hall–Kier alpha value is -3.11. The smallest absolute Gasteiger partial charge is 0.145 e. The molecule has 2 heterocycles. The Balaban J connectivity index is 1.84. The number of fused-ring (bicyclic) bond motifs is 1. The van der Waals surface area contributed by atoms with Crippen LogP contribution in [-0.2, 0) is 6.42 Å². The molecule has 0 fully saturated rings. The predicted molar refractivity (Wildman–Crippen MR) is 116 cm³/mol. The number of rotatable bonds is 6. The van der Waals surface area contributed by atoms with Gasteiger partial charge in [-0.05, 0) is 55.0 Å². The molecule has 1 N–H and O–H groups in total. The van der Waals surface area contributed by atoms with E-state index in [0.717, 1.165) is 28.0 Å². The number of ether oxygens (including phenoxy) is 1. The second kappa shape index (κ2) is 8.50.